The zero-order valence-electron chi connectivity index (χ0n) is 10.3. The minimum absolute atomic E-state index is 0.0143. The highest BCUT2D eigenvalue weighted by atomic mass is 32.2. The van der Waals surface area contributed by atoms with Crippen LogP contribution in [0, 0.1) is 0 Å². The van der Waals surface area contributed by atoms with Crippen LogP contribution in [0.3, 0.4) is 0 Å². The average Bonchev–Trinajstić information content (AvgIpc) is 2.24. The number of hydrogen-bond acceptors (Lipinski definition) is 5. The Morgan fingerprint density at radius 3 is 2.67 bits per heavy atom. The van der Waals surface area contributed by atoms with Crippen LogP contribution in [0.4, 0.5) is 11.4 Å². The minimum atomic E-state index is -3.80. The van der Waals surface area contributed by atoms with Crippen LogP contribution in [0.5, 0.6) is 0 Å². The molecule has 7 heteroatoms. The second kappa shape index (κ2) is 6.03. The summed E-state index contributed by atoms with van der Waals surface area (Å²) >= 11 is 0. The van der Waals surface area contributed by atoms with E-state index in [1.54, 1.807) is 19.1 Å². The van der Waals surface area contributed by atoms with Crippen LogP contribution in [0.25, 0.3) is 0 Å². The number of anilines is 2. The lowest BCUT2D eigenvalue weighted by atomic mass is 10.2. The molecule has 1 unspecified atom stereocenters. The summed E-state index contributed by atoms with van der Waals surface area (Å²) in [5, 5.41) is 17.2. The molecule has 0 heterocycles. The monoisotopic (exact) mass is 273 g/mol. The van der Waals surface area contributed by atoms with Crippen LogP contribution >= 0.6 is 0 Å². The normalized spacial score (nSPS) is 13.3. The number of aliphatic hydroxyl groups excluding tert-OH is 1. The lowest BCUT2D eigenvalue weighted by Gasteiger charge is -2.11. The fourth-order valence-electron chi connectivity index (χ4n) is 1.54. The van der Waals surface area contributed by atoms with Crippen LogP contribution in [0.2, 0.25) is 0 Å². The molecule has 0 radical (unpaired) electrons. The van der Waals surface area contributed by atoms with Crippen LogP contribution in [0.15, 0.2) is 23.1 Å². The summed E-state index contributed by atoms with van der Waals surface area (Å²) in [6.45, 7) is 2.26. The number of hydrogen-bond donors (Lipinski definition) is 4. The highest BCUT2D eigenvalue weighted by Crippen LogP contribution is 2.22. The molecule has 1 aromatic rings. The van der Waals surface area contributed by atoms with Gasteiger partial charge in [-0.2, -0.15) is 0 Å². The number of nitrogens with two attached hydrogens (primary N) is 2. The van der Waals surface area contributed by atoms with Gasteiger partial charge in [0, 0.05) is 12.2 Å². The molecule has 0 aliphatic rings. The minimum Gasteiger partial charge on any atom is -0.399 e. The van der Waals surface area contributed by atoms with Crippen LogP contribution in [-0.4, -0.2) is 26.2 Å². The van der Waals surface area contributed by atoms with Crippen molar-refractivity contribution in [2.75, 3.05) is 17.6 Å². The van der Waals surface area contributed by atoms with Gasteiger partial charge in [0.15, 0.2) is 0 Å². The molecule has 0 fully saturated rings. The van der Waals surface area contributed by atoms with Crippen LogP contribution < -0.4 is 16.2 Å². The standard InChI is InChI=1S/C11H19N3O3S/c1-8(15)3-2-6-14-10-5-4-9(12)7-11(10)18(13,16)17/h4-5,7-8,14-15H,2-3,6,12H2,1H3,(H2,13,16,17). The second-order valence-electron chi connectivity index (χ2n) is 4.22. The third-order valence-corrected chi connectivity index (χ3v) is 3.38. The first-order valence-corrected chi connectivity index (χ1v) is 7.19. The Morgan fingerprint density at radius 2 is 2.11 bits per heavy atom. The summed E-state index contributed by atoms with van der Waals surface area (Å²) in [7, 11) is -3.80. The second-order valence-corrected chi connectivity index (χ2v) is 5.75. The maximum absolute atomic E-state index is 11.4. The van der Waals surface area contributed by atoms with E-state index in [4.69, 9.17) is 16.0 Å². The van der Waals surface area contributed by atoms with Crippen molar-refractivity contribution in [3.05, 3.63) is 18.2 Å². The van der Waals surface area contributed by atoms with Gasteiger partial charge in [0.1, 0.15) is 4.90 Å². The Hall–Kier alpha value is -1.31. The van der Waals surface area contributed by atoms with Gasteiger partial charge in [-0.1, -0.05) is 0 Å². The SMILES string of the molecule is CC(O)CCCNc1ccc(N)cc1S(N)(=O)=O. The lowest BCUT2D eigenvalue weighted by molar-refractivity contribution is 0.183. The van der Waals surface area contributed by atoms with Crippen molar-refractivity contribution < 1.29 is 13.5 Å². The summed E-state index contributed by atoms with van der Waals surface area (Å²) in [5.74, 6) is 0. The van der Waals surface area contributed by atoms with Crippen molar-refractivity contribution >= 4 is 21.4 Å². The number of benzene rings is 1. The van der Waals surface area contributed by atoms with Gasteiger partial charge in [0.2, 0.25) is 10.0 Å². The van der Waals surface area contributed by atoms with Gasteiger partial charge in [-0.15, -0.1) is 0 Å². The number of rotatable bonds is 6. The van der Waals surface area contributed by atoms with E-state index < -0.39 is 10.0 Å². The molecule has 0 bridgehead atoms. The van der Waals surface area contributed by atoms with Crippen molar-refractivity contribution in [3.8, 4) is 0 Å². The highest BCUT2D eigenvalue weighted by molar-refractivity contribution is 7.89. The van der Waals surface area contributed by atoms with Crippen molar-refractivity contribution in [1.82, 2.24) is 0 Å². The quantitative estimate of drug-likeness (QED) is 0.444. The molecule has 0 aliphatic carbocycles. The Kier molecular flexibility index (Phi) is 4.94. The smallest absolute Gasteiger partial charge is 0.240 e. The summed E-state index contributed by atoms with van der Waals surface area (Å²) in [4.78, 5) is -0.0143. The molecule has 6 N–H and O–H groups in total. The molecule has 1 atom stereocenters. The number of nitrogens with one attached hydrogen (secondary N) is 1. The molecular formula is C11H19N3O3S. The Balaban J connectivity index is 2.77. The zero-order chi connectivity index (χ0) is 13.8. The van der Waals surface area contributed by atoms with Crippen molar-refractivity contribution in [2.45, 2.75) is 30.8 Å². The first kappa shape index (κ1) is 14.7. The molecule has 0 saturated heterocycles. The summed E-state index contributed by atoms with van der Waals surface area (Å²) in [5.41, 5.74) is 6.31. The van der Waals surface area contributed by atoms with Gasteiger partial charge in [-0.05, 0) is 38.0 Å². The third kappa shape index (κ3) is 4.52. The topological polar surface area (TPSA) is 118 Å². The van der Waals surface area contributed by atoms with E-state index in [1.807, 2.05) is 0 Å². The molecule has 0 aromatic heterocycles. The molecule has 0 aliphatic heterocycles. The maximum atomic E-state index is 11.4. The molecule has 1 rings (SSSR count). The summed E-state index contributed by atoms with van der Waals surface area (Å²) in [6, 6.07) is 4.51. The highest BCUT2D eigenvalue weighted by Gasteiger charge is 2.14. The third-order valence-electron chi connectivity index (χ3n) is 2.43. The Labute approximate surface area is 107 Å². The summed E-state index contributed by atoms with van der Waals surface area (Å²) in [6.07, 6.45) is 1.01. The van der Waals surface area contributed by atoms with E-state index in [9.17, 15) is 8.42 Å². The van der Waals surface area contributed by atoms with E-state index >= 15 is 0 Å². The predicted octanol–water partition coefficient (Wildman–Crippen LogP) is 0.489. The molecule has 6 nitrogen and oxygen atoms in total. The fourth-order valence-corrected chi connectivity index (χ4v) is 2.29. The molecule has 1 aromatic carbocycles. The first-order valence-electron chi connectivity index (χ1n) is 5.65. The number of nitrogen functional groups attached to an aromatic ring is 1. The Bertz CT molecular complexity index is 500. The largest absolute Gasteiger partial charge is 0.399 e. The lowest BCUT2D eigenvalue weighted by Crippen LogP contribution is -2.16. The predicted molar refractivity (Wildman–Crippen MR) is 71.6 cm³/mol. The van der Waals surface area contributed by atoms with Gasteiger partial charge >= 0.3 is 0 Å². The van der Waals surface area contributed by atoms with Crippen LogP contribution in [0.1, 0.15) is 19.8 Å². The van der Waals surface area contributed by atoms with Crippen molar-refractivity contribution in [2.24, 2.45) is 5.14 Å². The van der Waals surface area contributed by atoms with E-state index in [1.165, 1.54) is 6.07 Å². The molecule has 18 heavy (non-hydrogen) atoms. The van der Waals surface area contributed by atoms with Gasteiger partial charge in [-0.25, -0.2) is 13.6 Å². The number of primary sulfonamides is 1. The van der Waals surface area contributed by atoms with E-state index in [0.29, 0.717) is 24.3 Å². The zero-order valence-corrected chi connectivity index (χ0v) is 11.1. The van der Waals surface area contributed by atoms with E-state index in [0.717, 1.165) is 6.42 Å². The van der Waals surface area contributed by atoms with Crippen molar-refractivity contribution in [1.29, 1.82) is 0 Å². The molecular weight excluding hydrogens is 254 g/mol. The van der Waals surface area contributed by atoms with Crippen molar-refractivity contribution in [3.63, 3.8) is 0 Å². The van der Waals surface area contributed by atoms with Crippen LogP contribution in [-0.2, 0) is 10.0 Å². The van der Waals surface area contributed by atoms with Gasteiger partial charge in [0.05, 0.1) is 11.8 Å². The van der Waals surface area contributed by atoms with Gasteiger partial charge in [-0.3, -0.25) is 0 Å². The summed E-state index contributed by atoms with van der Waals surface area (Å²) < 4.78 is 22.8. The average molecular weight is 273 g/mol. The van der Waals surface area contributed by atoms with Gasteiger partial charge < -0.3 is 16.2 Å². The fraction of sp³-hybridized carbons (Fsp3) is 0.455. The molecule has 0 amide bonds. The Morgan fingerprint density at radius 1 is 1.44 bits per heavy atom. The molecule has 0 saturated carbocycles. The maximum Gasteiger partial charge on any atom is 0.240 e. The van der Waals surface area contributed by atoms with E-state index in [-0.39, 0.29) is 11.0 Å². The number of sulfonamides is 1. The molecule has 0 spiro atoms. The first-order chi connectivity index (χ1) is 8.30. The van der Waals surface area contributed by atoms with Gasteiger partial charge in [0.25, 0.3) is 0 Å². The molecule has 102 valence electrons. The van der Waals surface area contributed by atoms with E-state index in [2.05, 4.69) is 5.32 Å². The number of aliphatic hydroxyl groups is 1.